The van der Waals surface area contributed by atoms with E-state index in [4.69, 9.17) is 11.6 Å². The van der Waals surface area contributed by atoms with Gasteiger partial charge in [-0.1, -0.05) is 11.6 Å². The lowest BCUT2D eigenvalue weighted by Crippen LogP contribution is -2.36. The number of nitro benzene ring substituents is 1. The van der Waals surface area contributed by atoms with Crippen LogP contribution in [0.2, 0.25) is 5.02 Å². The lowest BCUT2D eigenvalue weighted by Gasteiger charge is -2.16. The summed E-state index contributed by atoms with van der Waals surface area (Å²) in [6, 6.07) is 3.74. The Balaban J connectivity index is 2.97. The molecule has 0 aliphatic rings. The molecule has 0 saturated heterocycles. The zero-order chi connectivity index (χ0) is 14.6. The summed E-state index contributed by atoms with van der Waals surface area (Å²) < 4.78 is 0. The number of amides is 2. The number of likely N-dealkylation sites (N-methyl/N-ethyl adjacent to an activating group) is 2. The van der Waals surface area contributed by atoms with Crippen LogP contribution in [0.1, 0.15) is 10.4 Å². The third-order valence-corrected chi connectivity index (χ3v) is 2.72. The first-order valence-corrected chi connectivity index (χ1v) is 5.64. The molecule has 7 nitrogen and oxygen atoms in total. The topological polar surface area (TPSA) is 92.6 Å². The lowest BCUT2D eigenvalue weighted by atomic mass is 10.2. The number of carbonyl (C=O) groups is 2. The van der Waals surface area contributed by atoms with Gasteiger partial charge in [-0.05, 0) is 12.1 Å². The molecule has 2 amide bonds. The summed E-state index contributed by atoms with van der Waals surface area (Å²) >= 11 is 5.65. The van der Waals surface area contributed by atoms with Gasteiger partial charge in [0.25, 0.3) is 11.6 Å². The maximum atomic E-state index is 12.0. The minimum Gasteiger partial charge on any atom is -0.358 e. The first kappa shape index (κ1) is 14.9. The first-order chi connectivity index (χ1) is 8.86. The Labute approximate surface area is 114 Å². The van der Waals surface area contributed by atoms with E-state index in [2.05, 4.69) is 5.32 Å². The van der Waals surface area contributed by atoms with Crippen molar-refractivity contribution < 1.29 is 14.5 Å². The van der Waals surface area contributed by atoms with Crippen LogP contribution < -0.4 is 5.32 Å². The van der Waals surface area contributed by atoms with Crippen LogP contribution >= 0.6 is 11.6 Å². The zero-order valence-corrected chi connectivity index (χ0v) is 11.1. The summed E-state index contributed by atoms with van der Waals surface area (Å²) in [4.78, 5) is 34.3. The molecule has 0 saturated carbocycles. The Morgan fingerprint density at radius 2 is 2.11 bits per heavy atom. The van der Waals surface area contributed by atoms with Crippen LogP contribution in [0.25, 0.3) is 0 Å². The fourth-order valence-corrected chi connectivity index (χ4v) is 1.56. The summed E-state index contributed by atoms with van der Waals surface area (Å²) in [7, 11) is 2.88. The molecule has 1 N–H and O–H groups in total. The summed E-state index contributed by atoms with van der Waals surface area (Å²) in [6.45, 7) is -0.133. The predicted octanol–water partition coefficient (Wildman–Crippen LogP) is 1.07. The van der Waals surface area contributed by atoms with Crippen molar-refractivity contribution in [1.29, 1.82) is 0 Å². The summed E-state index contributed by atoms with van der Waals surface area (Å²) in [5.74, 6) is -0.831. The third kappa shape index (κ3) is 3.65. The molecule has 19 heavy (non-hydrogen) atoms. The molecule has 8 heteroatoms. The van der Waals surface area contributed by atoms with Crippen molar-refractivity contribution in [3.05, 3.63) is 38.9 Å². The van der Waals surface area contributed by atoms with Gasteiger partial charge in [-0.3, -0.25) is 19.7 Å². The molecule has 1 aromatic carbocycles. The van der Waals surface area contributed by atoms with Crippen molar-refractivity contribution >= 4 is 29.1 Å². The van der Waals surface area contributed by atoms with Crippen molar-refractivity contribution in [3.63, 3.8) is 0 Å². The molecule has 0 heterocycles. The van der Waals surface area contributed by atoms with Crippen LogP contribution in [-0.4, -0.2) is 42.3 Å². The normalized spacial score (nSPS) is 9.84. The fraction of sp³-hybridized carbons (Fsp3) is 0.273. The number of nitrogens with one attached hydrogen (secondary N) is 1. The molecule has 0 atom stereocenters. The van der Waals surface area contributed by atoms with E-state index >= 15 is 0 Å². The van der Waals surface area contributed by atoms with Gasteiger partial charge in [0.1, 0.15) is 5.02 Å². The maximum absolute atomic E-state index is 12.0. The second-order valence-corrected chi connectivity index (χ2v) is 4.16. The Morgan fingerprint density at radius 3 is 2.63 bits per heavy atom. The molecule has 0 bridgehead atoms. The SMILES string of the molecule is CNC(=O)CN(C)C(=O)c1ccc(Cl)c([N+](=O)[O-])c1. The molecule has 0 radical (unpaired) electrons. The fourth-order valence-electron chi connectivity index (χ4n) is 1.37. The van der Waals surface area contributed by atoms with E-state index < -0.39 is 10.8 Å². The van der Waals surface area contributed by atoms with Gasteiger partial charge >= 0.3 is 0 Å². The van der Waals surface area contributed by atoms with Gasteiger partial charge in [-0.2, -0.15) is 0 Å². The van der Waals surface area contributed by atoms with E-state index in [-0.39, 0.29) is 28.7 Å². The van der Waals surface area contributed by atoms with Crippen LogP contribution in [0.3, 0.4) is 0 Å². The number of benzene rings is 1. The van der Waals surface area contributed by atoms with Crippen LogP contribution in [0.5, 0.6) is 0 Å². The smallest absolute Gasteiger partial charge is 0.288 e. The molecule has 0 fully saturated rings. The van der Waals surface area contributed by atoms with Crippen molar-refractivity contribution in [1.82, 2.24) is 10.2 Å². The Kier molecular flexibility index (Phi) is 4.82. The van der Waals surface area contributed by atoms with Gasteiger partial charge < -0.3 is 10.2 Å². The van der Waals surface area contributed by atoms with Crippen molar-refractivity contribution in [3.8, 4) is 0 Å². The van der Waals surface area contributed by atoms with E-state index in [9.17, 15) is 19.7 Å². The molecule has 1 rings (SSSR count). The van der Waals surface area contributed by atoms with Crippen LogP contribution in [0.15, 0.2) is 18.2 Å². The highest BCUT2D eigenvalue weighted by atomic mass is 35.5. The van der Waals surface area contributed by atoms with Gasteiger partial charge in [0, 0.05) is 25.7 Å². The Bertz CT molecular complexity index is 533. The van der Waals surface area contributed by atoms with Gasteiger partial charge in [0.15, 0.2) is 0 Å². The molecule has 0 unspecified atom stereocenters. The summed E-state index contributed by atoms with van der Waals surface area (Å²) in [5.41, 5.74) is -0.247. The molecule has 0 spiro atoms. The van der Waals surface area contributed by atoms with Crippen LogP contribution in [0.4, 0.5) is 5.69 Å². The highest BCUT2D eigenvalue weighted by molar-refractivity contribution is 6.32. The molecular formula is C11H12ClN3O4. The van der Waals surface area contributed by atoms with E-state index in [1.54, 1.807) is 0 Å². The third-order valence-electron chi connectivity index (χ3n) is 2.40. The average Bonchev–Trinajstić information content (AvgIpc) is 2.37. The van der Waals surface area contributed by atoms with E-state index in [1.165, 1.54) is 26.2 Å². The highest BCUT2D eigenvalue weighted by Gasteiger charge is 2.19. The number of nitro groups is 1. The van der Waals surface area contributed by atoms with E-state index in [1.807, 2.05) is 0 Å². The van der Waals surface area contributed by atoms with E-state index in [0.717, 1.165) is 11.0 Å². The molecule has 0 aliphatic heterocycles. The van der Waals surface area contributed by atoms with Crippen molar-refractivity contribution in [2.75, 3.05) is 20.6 Å². The Morgan fingerprint density at radius 1 is 1.47 bits per heavy atom. The number of nitrogens with zero attached hydrogens (tertiary/aromatic N) is 2. The number of carbonyl (C=O) groups excluding carboxylic acids is 2. The van der Waals surface area contributed by atoms with E-state index in [0.29, 0.717) is 0 Å². The van der Waals surface area contributed by atoms with Crippen LogP contribution in [-0.2, 0) is 4.79 Å². The van der Waals surface area contributed by atoms with Gasteiger partial charge in [-0.25, -0.2) is 0 Å². The van der Waals surface area contributed by atoms with Crippen LogP contribution in [0, 0.1) is 10.1 Å². The average molecular weight is 286 g/mol. The maximum Gasteiger partial charge on any atom is 0.288 e. The monoisotopic (exact) mass is 285 g/mol. The zero-order valence-electron chi connectivity index (χ0n) is 10.3. The standard InChI is InChI=1S/C11H12ClN3O4/c1-13-10(16)6-14(2)11(17)7-3-4-8(12)9(5-7)15(18)19/h3-5H,6H2,1-2H3,(H,13,16). The van der Waals surface area contributed by atoms with Gasteiger partial charge in [0.2, 0.25) is 5.91 Å². The van der Waals surface area contributed by atoms with Gasteiger partial charge in [0.05, 0.1) is 11.5 Å². The number of rotatable bonds is 4. The lowest BCUT2D eigenvalue weighted by molar-refractivity contribution is -0.384. The number of hydrogen-bond donors (Lipinski definition) is 1. The highest BCUT2D eigenvalue weighted by Crippen LogP contribution is 2.25. The molecule has 102 valence electrons. The predicted molar refractivity (Wildman–Crippen MR) is 69.1 cm³/mol. The largest absolute Gasteiger partial charge is 0.358 e. The van der Waals surface area contributed by atoms with Crippen molar-refractivity contribution in [2.45, 2.75) is 0 Å². The molecule has 0 aromatic heterocycles. The molecule has 0 aliphatic carbocycles. The minimum atomic E-state index is -0.669. The second-order valence-electron chi connectivity index (χ2n) is 3.76. The summed E-state index contributed by atoms with van der Waals surface area (Å²) in [6.07, 6.45) is 0. The molecule has 1 aromatic rings. The summed E-state index contributed by atoms with van der Waals surface area (Å²) in [5, 5.41) is 13.1. The first-order valence-electron chi connectivity index (χ1n) is 5.26. The molecular weight excluding hydrogens is 274 g/mol. The van der Waals surface area contributed by atoms with Gasteiger partial charge in [-0.15, -0.1) is 0 Å². The number of hydrogen-bond acceptors (Lipinski definition) is 4. The second kappa shape index (κ2) is 6.14. The quantitative estimate of drug-likeness (QED) is 0.661. The number of halogens is 1. The Hall–Kier alpha value is -2.15. The minimum absolute atomic E-state index is 0.0458. The van der Waals surface area contributed by atoms with Crippen molar-refractivity contribution in [2.24, 2.45) is 0 Å².